The summed E-state index contributed by atoms with van der Waals surface area (Å²) in [5, 5.41) is 23.1. The minimum atomic E-state index is -0.667. The highest BCUT2D eigenvalue weighted by molar-refractivity contribution is 5.76. The Balaban J connectivity index is 3.42. The van der Waals surface area contributed by atoms with Gasteiger partial charge in [0.1, 0.15) is 0 Å². The molecule has 0 aliphatic heterocycles. The van der Waals surface area contributed by atoms with Gasteiger partial charge >= 0.3 is 5.97 Å². The number of allylic oxidation sites excluding steroid dienone is 2. The molecule has 0 rings (SSSR count). The maximum atomic E-state index is 12.4. The van der Waals surface area contributed by atoms with Gasteiger partial charge in [0.25, 0.3) is 0 Å². The molecule has 0 fully saturated rings. The Labute approximate surface area is 361 Å². The molecule has 0 radical (unpaired) electrons. The van der Waals surface area contributed by atoms with E-state index in [2.05, 4.69) is 31.3 Å². The first-order chi connectivity index (χ1) is 28.5. The second-order valence-electron chi connectivity index (χ2n) is 17.9. The fourth-order valence-electron chi connectivity index (χ4n) is 8.05. The zero-order valence-corrected chi connectivity index (χ0v) is 39.0. The van der Waals surface area contributed by atoms with Gasteiger partial charge in [-0.1, -0.05) is 231 Å². The van der Waals surface area contributed by atoms with Crippen molar-refractivity contribution in [1.82, 2.24) is 5.32 Å². The number of unbranched alkanes of at least 4 members (excludes halogenated alkanes) is 35. The molecule has 0 aromatic rings. The van der Waals surface area contributed by atoms with Gasteiger partial charge in [0.2, 0.25) is 5.91 Å². The van der Waals surface area contributed by atoms with Crippen LogP contribution in [0.3, 0.4) is 0 Å². The van der Waals surface area contributed by atoms with E-state index in [1.165, 1.54) is 205 Å². The summed E-state index contributed by atoms with van der Waals surface area (Å²) in [6.07, 6.45) is 54.7. The highest BCUT2D eigenvalue weighted by Crippen LogP contribution is 2.16. The smallest absolute Gasteiger partial charge is 0.305 e. The van der Waals surface area contributed by atoms with E-state index in [4.69, 9.17) is 4.74 Å². The minimum absolute atomic E-state index is 0.00451. The SMILES string of the molecule is CCCCCCCCCCCCCCC(=O)OCCCCCCCCCC/C=C\CCCCCCCCCC(=O)NC(CO)C(O)CCCCCCCCCCCC. The largest absolute Gasteiger partial charge is 0.466 e. The molecule has 0 bridgehead atoms. The molecular weight excluding hydrogens is 719 g/mol. The molecule has 2 unspecified atom stereocenters. The number of hydrogen-bond acceptors (Lipinski definition) is 5. The number of rotatable bonds is 48. The lowest BCUT2D eigenvalue weighted by Crippen LogP contribution is -2.45. The summed E-state index contributed by atoms with van der Waals surface area (Å²) in [4.78, 5) is 24.4. The van der Waals surface area contributed by atoms with Gasteiger partial charge < -0.3 is 20.3 Å². The summed E-state index contributed by atoms with van der Waals surface area (Å²) in [5.74, 6) is -0.0414. The van der Waals surface area contributed by atoms with E-state index in [0.717, 1.165) is 44.9 Å². The molecule has 58 heavy (non-hydrogen) atoms. The van der Waals surface area contributed by atoms with Gasteiger partial charge in [-0.3, -0.25) is 9.59 Å². The Kier molecular flexibility index (Phi) is 47.1. The number of hydrogen-bond donors (Lipinski definition) is 3. The second kappa shape index (κ2) is 48.3. The van der Waals surface area contributed by atoms with Crippen LogP contribution in [0.1, 0.15) is 284 Å². The Morgan fingerprint density at radius 3 is 1.22 bits per heavy atom. The first-order valence-electron chi connectivity index (χ1n) is 25.9. The molecule has 6 nitrogen and oxygen atoms in total. The molecule has 1 amide bonds. The van der Waals surface area contributed by atoms with Crippen molar-refractivity contribution < 1.29 is 24.5 Å². The number of esters is 1. The van der Waals surface area contributed by atoms with Crippen LogP contribution >= 0.6 is 0 Å². The van der Waals surface area contributed by atoms with Crippen LogP contribution in [-0.2, 0) is 14.3 Å². The Morgan fingerprint density at radius 1 is 0.466 bits per heavy atom. The Bertz CT molecular complexity index is 863. The quantitative estimate of drug-likeness (QED) is 0.0323. The number of aliphatic hydroxyl groups is 2. The lowest BCUT2D eigenvalue weighted by Gasteiger charge is -2.22. The third-order valence-electron chi connectivity index (χ3n) is 12.1. The fraction of sp³-hybridized carbons (Fsp3) is 0.923. The van der Waals surface area contributed by atoms with E-state index in [1.807, 2.05) is 0 Å². The van der Waals surface area contributed by atoms with E-state index in [1.54, 1.807) is 0 Å². The molecular formula is C52H101NO5. The van der Waals surface area contributed by atoms with Crippen LogP contribution in [0.4, 0.5) is 0 Å². The third-order valence-corrected chi connectivity index (χ3v) is 12.1. The highest BCUT2D eigenvalue weighted by atomic mass is 16.5. The predicted octanol–water partition coefficient (Wildman–Crippen LogP) is 15.3. The number of nitrogens with one attached hydrogen (secondary N) is 1. The first-order valence-corrected chi connectivity index (χ1v) is 25.9. The number of aliphatic hydroxyl groups excluding tert-OH is 2. The number of carbonyl (C=O) groups excluding carboxylic acids is 2. The molecule has 0 aliphatic rings. The molecule has 0 heterocycles. The van der Waals surface area contributed by atoms with E-state index in [0.29, 0.717) is 25.9 Å². The van der Waals surface area contributed by atoms with E-state index >= 15 is 0 Å². The maximum absolute atomic E-state index is 12.4. The van der Waals surface area contributed by atoms with E-state index < -0.39 is 12.1 Å². The molecule has 3 N–H and O–H groups in total. The standard InChI is InChI=1S/C52H101NO5/c1-3-5-7-9-11-13-15-26-30-34-38-42-46-52(57)58-47-43-39-35-31-27-24-22-20-18-16-17-19-21-23-25-29-33-37-41-45-51(56)53-49(48-54)50(55)44-40-36-32-28-14-12-10-8-6-4-2/h16-17,49-50,54-55H,3-15,18-48H2,1-2H3,(H,53,56)/b17-16-. The van der Waals surface area contributed by atoms with Gasteiger partial charge in [-0.2, -0.15) is 0 Å². The number of ether oxygens (including phenoxy) is 1. The lowest BCUT2D eigenvalue weighted by atomic mass is 10.0. The Hall–Kier alpha value is -1.40. The highest BCUT2D eigenvalue weighted by Gasteiger charge is 2.20. The van der Waals surface area contributed by atoms with Gasteiger partial charge in [-0.25, -0.2) is 0 Å². The van der Waals surface area contributed by atoms with Crippen LogP contribution in [0.5, 0.6) is 0 Å². The van der Waals surface area contributed by atoms with Crippen molar-refractivity contribution in [3.05, 3.63) is 12.2 Å². The Morgan fingerprint density at radius 2 is 0.810 bits per heavy atom. The van der Waals surface area contributed by atoms with Gasteiger partial charge in [0.15, 0.2) is 0 Å². The average Bonchev–Trinajstić information content (AvgIpc) is 3.22. The average molecular weight is 820 g/mol. The van der Waals surface area contributed by atoms with Gasteiger partial charge in [-0.05, 0) is 51.4 Å². The summed E-state index contributed by atoms with van der Waals surface area (Å²) < 4.78 is 5.46. The molecule has 344 valence electrons. The van der Waals surface area contributed by atoms with Crippen LogP contribution in [0.2, 0.25) is 0 Å². The molecule has 6 heteroatoms. The zero-order valence-electron chi connectivity index (χ0n) is 39.0. The van der Waals surface area contributed by atoms with Gasteiger partial charge in [-0.15, -0.1) is 0 Å². The monoisotopic (exact) mass is 820 g/mol. The normalized spacial score (nSPS) is 12.7. The third kappa shape index (κ3) is 44.2. The molecule has 2 atom stereocenters. The summed E-state index contributed by atoms with van der Waals surface area (Å²) in [5.41, 5.74) is 0. The first kappa shape index (κ1) is 56.6. The topological polar surface area (TPSA) is 95.9 Å². The van der Waals surface area contributed by atoms with Gasteiger partial charge in [0, 0.05) is 12.8 Å². The van der Waals surface area contributed by atoms with Crippen molar-refractivity contribution in [3.8, 4) is 0 Å². The van der Waals surface area contributed by atoms with Gasteiger partial charge in [0.05, 0.1) is 25.4 Å². The van der Waals surface area contributed by atoms with E-state index in [9.17, 15) is 19.8 Å². The minimum Gasteiger partial charge on any atom is -0.466 e. The van der Waals surface area contributed by atoms with Crippen molar-refractivity contribution in [2.45, 2.75) is 296 Å². The number of carbonyl (C=O) groups is 2. The summed E-state index contributed by atoms with van der Waals surface area (Å²) in [6, 6.07) is -0.545. The predicted molar refractivity (Wildman–Crippen MR) is 250 cm³/mol. The van der Waals surface area contributed by atoms with Crippen LogP contribution in [0.15, 0.2) is 12.2 Å². The molecule has 0 aromatic carbocycles. The van der Waals surface area contributed by atoms with Crippen molar-refractivity contribution in [2.75, 3.05) is 13.2 Å². The summed E-state index contributed by atoms with van der Waals surface area (Å²) >= 11 is 0. The summed E-state index contributed by atoms with van der Waals surface area (Å²) in [7, 11) is 0. The number of amides is 1. The molecule has 0 aliphatic carbocycles. The zero-order chi connectivity index (χ0) is 42.3. The van der Waals surface area contributed by atoms with Crippen molar-refractivity contribution in [2.24, 2.45) is 0 Å². The van der Waals surface area contributed by atoms with Crippen LogP contribution in [0.25, 0.3) is 0 Å². The van der Waals surface area contributed by atoms with Crippen LogP contribution in [0, 0.1) is 0 Å². The summed E-state index contributed by atoms with van der Waals surface area (Å²) in [6.45, 7) is 4.93. The van der Waals surface area contributed by atoms with Crippen molar-refractivity contribution in [1.29, 1.82) is 0 Å². The lowest BCUT2D eigenvalue weighted by molar-refractivity contribution is -0.143. The fourth-order valence-corrected chi connectivity index (χ4v) is 8.05. The molecule has 0 spiro atoms. The van der Waals surface area contributed by atoms with Crippen molar-refractivity contribution >= 4 is 11.9 Å². The molecule has 0 aromatic heterocycles. The van der Waals surface area contributed by atoms with Crippen molar-refractivity contribution in [3.63, 3.8) is 0 Å². The second-order valence-corrected chi connectivity index (χ2v) is 17.9. The van der Waals surface area contributed by atoms with Crippen LogP contribution < -0.4 is 5.32 Å². The van der Waals surface area contributed by atoms with Crippen LogP contribution in [-0.4, -0.2) is 47.4 Å². The molecule has 0 saturated carbocycles. The van der Waals surface area contributed by atoms with E-state index in [-0.39, 0.29) is 18.5 Å². The molecule has 0 saturated heterocycles. The maximum Gasteiger partial charge on any atom is 0.305 e.